The number of aromatic nitrogens is 2. The summed E-state index contributed by atoms with van der Waals surface area (Å²) < 4.78 is 0. The molecular formula is C14H16N4OS. The Balaban J connectivity index is 1.66. The van der Waals surface area contributed by atoms with Crippen LogP contribution in [0, 0.1) is 0 Å². The number of thioether (sulfide) groups is 1. The minimum Gasteiger partial charge on any atom is -0.399 e. The predicted octanol–water partition coefficient (Wildman–Crippen LogP) is 2.57. The van der Waals surface area contributed by atoms with Crippen LogP contribution in [0.25, 0.3) is 0 Å². The van der Waals surface area contributed by atoms with Crippen LogP contribution in [-0.4, -0.2) is 21.6 Å². The molecule has 0 spiro atoms. The third-order valence-electron chi connectivity index (χ3n) is 2.53. The Morgan fingerprint density at radius 1 is 1.25 bits per heavy atom. The number of benzene rings is 1. The highest BCUT2D eigenvalue weighted by Crippen LogP contribution is 2.15. The molecule has 0 radical (unpaired) electrons. The smallest absolute Gasteiger partial charge is 0.224 e. The molecule has 1 heterocycles. The van der Waals surface area contributed by atoms with Gasteiger partial charge in [-0.2, -0.15) is 0 Å². The highest BCUT2D eigenvalue weighted by atomic mass is 32.2. The summed E-state index contributed by atoms with van der Waals surface area (Å²) >= 11 is 1.60. The fourth-order valence-corrected chi connectivity index (χ4v) is 2.33. The molecule has 0 aliphatic carbocycles. The normalized spacial score (nSPS) is 10.2. The van der Waals surface area contributed by atoms with E-state index in [0.29, 0.717) is 12.1 Å². The summed E-state index contributed by atoms with van der Waals surface area (Å²) in [7, 11) is 0. The van der Waals surface area contributed by atoms with Gasteiger partial charge >= 0.3 is 0 Å². The van der Waals surface area contributed by atoms with Crippen LogP contribution in [0.15, 0.2) is 47.9 Å². The van der Waals surface area contributed by atoms with Crippen LogP contribution < -0.4 is 11.1 Å². The van der Waals surface area contributed by atoms with Gasteiger partial charge in [0.05, 0.1) is 6.20 Å². The van der Waals surface area contributed by atoms with Gasteiger partial charge < -0.3 is 11.1 Å². The minimum absolute atomic E-state index is 0.00881. The van der Waals surface area contributed by atoms with Crippen molar-refractivity contribution in [3.8, 4) is 0 Å². The van der Waals surface area contributed by atoms with Crippen molar-refractivity contribution in [2.24, 2.45) is 0 Å². The zero-order valence-electron chi connectivity index (χ0n) is 11.0. The number of nitrogen functional groups attached to an aromatic ring is 1. The molecule has 0 saturated heterocycles. The third-order valence-corrected chi connectivity index (χ3v) is 3.53. The molecule has 0 aliphatic rings. The van der Waals surface area contributed by atoms with Crippen LogP contribution in [0.3, 0.4) is 0 Å². The van der Waals surface area contributed by atoms with Gasteiger partial charge in [0.1, 0.15) is 5.03 Å². The summed E-state index contributed by atoms with van der Waals surface area (Å²) in [6.45, 7) is 0. The van der Waals surface area contributed by atoms with Gasteiger partial charge in [0, 0.05) is 35.9 Å². The first-order chi connectivity index (χ1) is 9.74. The Hall–Kier alpha value is -2.08. The Kier molecular flexibility index (Phi) is 5.37. The summed E-state index contributed by atoms with van der Waals surface area (Å²) in [5.74, 6) is 0.850. The van der Waals surface area contributed by atoms with E-state index in [1.807, 2.05) is 0 Å². The van der Waals surface area contributed by atoms with Gasteiger partial charge in [-0.3, -0.25) is 9.78 Å². The molecule has 20 heavy (non-hydrogen) atoms. The molecule has 2 aromatic rings. The lowest BCUT2D eigenvalue weighted by Gasteiger charge is -2.05. The van der Waals surface area contributed by atoms with Crippen molar-refractivity contribution < 1.29 is 4.79 Å². The topological polar surface area (TPSA) is 80.9 Å². The van der Waals surface area contributed by atoms with E-state index in [1.165, 1.54) is 0 Å². The van der Waals surface area contributed by atoms with Crippen LogP contribution in [0.1, 0.15) is 12.8 Å². The Bertz CT molecular complexity index is 545. The lowest BCUT2D eigenvalue weighted by atomic mass is 10.2. The van der Waals surface area contributed by atoms with Crippen molar-refractivity contribution in [3.05, 3.63) is 42.9 Å². The molecule has 1 aromatic carbocycles. The van der Waals surface area contributed by atoms with Gasteiger partial charge in [-0.1, -0.05) is 0 Å². The average Bonchev–Trinajstić information content (AvgIpc) is 2.47. The number of hydrogen-bond acceptors (Lipinski definition) is 5. The summed E-state index contributed by atoms with van der Waals surface area (Å²) in [5, 5.41) is 3.72. The van der Waals surface area contributed by atoms with Gasteiger partial charge in [0.25, 0.3) is 0 Å². The molecule has 0 fully saturated rings. The summed E-state index contributed by atoms with van der Waals surface area (Å²) in [6, 6.07) is 7.11. The number of carbonyl (C=O) groups excluding carboxylic acids is 1. The van der Waals surface area contributed by atoms with E-state index in [2.05, 4.69) is 15.3 Å². The number of nitrogens with zero attached hydrogens (tertiary/aromatic N) is 2. The maximum atomic E-state index is 11.7. The molecule has 3 N–H and O–H groups in total. The first-order valence-corrected chi connectivity index (χ1v) is 7.27. The average molecular weight is 288 g/mol. The lowest BCUT2D eigenvalue weighted by Crippen LogP contribution is -2.11. The Morgan fingerprint density at radius 2 is 2.05 bits per heavy atom. The summed E-state index contributed by atoms with van der Waals surface area (Å²) in [6.07, 6.45) is 6.30. The highest BCUT2D eigenvalue weighted by molar-refractivity contribution is 7.99. The van der Waals surface area contributed by atoms with E-state index in [-0.39, 0.29) is 5.91 Å². The van der Waals surface area contributed by atoms with Gasteiger partial charge in [-0.05, 0) is 30.7 Å². The molecule has 2 rings (SSSR count). The largest absolute Gasteiger partial charge is 0.399 e. The van der Waals surface area contributed by atoms with Crippen LogP contribution in [-0.2, 0) is 4.79 Å². The number of hydrogen-bond donors (Lipinski definition) is 2. The second kappa shape index (κ2) is 7.49. The van der Waals surface area contributed by atoms with Crippen LogP contribution in [0.2, 0.25) is 0 Å². The first kappa shape index (κ1) is 14.3. The van der Waals surface area contributed by atoms with Crippen molar-refractivity contribution in [1.82, 2.24) is 9.97 Å². The van der Waals surface area contributed by atoms with E-state index < -0.39 is 0 Å². The van der Waals surface area contributed by atoms with Crippen LogP contribution in [0.4, 0.5) is 11.4 Å². The molecule has 5 nitrogen and oxygen atoms in total. The molecule has 0 aliphatic heterocycles. The fraction of sp³-hybridized carbons (Fsp3) is 0.214. The highest BCUT2D eigenvalue weighted by Gasteiger charge is 2.03. The molecule has 6 heteroatoms. The zero-order chi connectivity index (χ0) is 14.2. The molecule has 0 unspecified atom stereocenters. The minimum atomic E-state index is 0.00881. The predicted molar refractivity (Wildman–Crippen MR) is 81.5 cm³/mol. The molecule has 0 bridgehead atoms. The maximum absolute atomic E-state index is 11.7. The second-order valence-corrected chi connectivity index (χ2v) is 5.28. The van der Waals surface area contributed by atoms with Crippen molar-refractivity contribution in [2.75, 3.05) is 16.8 Å². The number of amides is 1. The molecule has 1 aromatic heterocycles. The number of nitrogens with one attached hydrogen (secondary N) is 1. The fourth-order valence-electron chi connectivity index (χ4n) is 1.56. The number of nitrogens with two attached hydrogens (primary N) is 1. The van der Waals surface area contributed by atoms with Crippen LogP contribution >= 0.6 is 11.8 Å². The molecule has 0 atom stereocenters. The van der Waals surface area contributed by atoms with E-state index in [0.717, 1.165) is 22.9 Å². The third kappa shape index (κ3) is 4.89. The monoisotopic (exact) mass is 288 g/mol. The van der Waals surface area contributed by atoms with Crippen molar-refractivity contribution in [1.29, 1.82) is 0 Å². The maximum Gasteiger partial charge on any atom is 0.224 e. The standard InChI is InChI=1S/C14H16N4OS/c15-11-3-5-12(6-4-11)18-13(19)2-1-9-20-14-10-16-7-8-17-14/h3-8,10H,1-2,9,15H2,(H,18,19). The Labute approximate surface area is 122 Å². The second-order valence-electron chi connectivity index (χ2n) is 4.17. The van der Waals surface area contributed by atoms with Gasteiger partial charge in [-0.25, -0.2) is 4.98 Å². The van der Waals surface area contributed by atoms with E-state index in [4.69, 9.17) is 5.73 Å². The Morgan fingerprint density at radius 3 is 2.75 bits per heavy atom. The quantitative estimate of drug-likeness (QED) is 0.485. The number of anilines is 2. The lowest BCUT2D eigenvalue weighted by molar-refractivity contribution is -0.116. The van der Waals surface area contributed by atoms with Crippen molar-refractivity contribution >= 4 is 29.0 Å². The number of carbonyl (C=O) groups is 1. The molecular weight excluding hydrogens is 272 g/mol. The van der Waals surface area contributed by atoms with Crippen LogP contribution in [0.5, 0.6) is 0 Å². The van der Waals surface area contributed by atoms with Gasteiger partial charge in [-0.15, -0.1) is 11.8 Å². The van der Waals surface area contributed by atoms with E-state index >= 15 is 0 Å². The van der Waals surface area contributed by atoms with Gasteiger partial charge in [0.2, 0.25) is 5.91 Å². The molecule has 1 amide bonds. The molecule has 104 valence electrons. The number of rotatable bonds is 6. The van der Waals surface area contributed by atoms with E-state index in [1.54, 1.807) is 54.6 Å². The summed E-state index contributed by atoms with van der Waals surface area (Å²) in [5.41, 5.74) is 7.04. The van der Waals surface area contributed by atoms with Gasteiger partial charge in [0.15, 0.2) is 0 Å². The van der Waals surface area contributed by atoms with Crippen molar-refractivity contribution in [3.63, 3.8) is 0 Å². The summed E-state index contributed by atoms with van der Waals surface area (Å²) in [4.78, 5) is 19.9. The van der Waals surface area contributed by atoms with E-state index in [9.17, 15) is 4.79 Å². The SMILES string of the molecule is Nc1ccc(NC(=O)CCCSc2cnccn2)cc1. The zero-order valence-corrected chi connectivity index (χ0v) is 11.8. The van der Waals surface area contributed by atoms with Crippen molar-refractivity contribution in [2.45, 2.75) is 17.9 Å². The first-order valence-electron chi connectivity index (χ1n) is 6.28. The molecule has 0 saturated carbocycles.